The summed E-state index contributed by atoms with van der Waals surface area (Å²) in [7, 11) is 0. The third-order valence-electron chi connectivity index (χ3n) is 11.3. The number of anilines is 2. The third kappa shape index (κ3) is 3.46. The summed E-state index contributed by atoms with van der Waals surface area (Å²) in [6.07, 6.45) is 16.0. The van der Waals surface area contributed by atoms with Crippen LogP contribution in [0.5, 0.6) is 0 Å². The molecule has 8 rings (SSSR count). The number of allylic oxidation sites excluding steroid dienone is 6. The van der Waals surface area contributed by atoms with Gasteiger partial charge in [0, 0.05) is 10.8 Å². The van der Waals surface area contributed by atoms with E-state index in [9.17, 15) is 19.2 Å². The maximum Gasteiger partial charge on any atom is 0.238 e. The fraction of sp³-hybridized carbons (Fsp3) is 0.351. The summed E-state index contributed by atoms with van der Waals surface area (Å²) in [4.78, 5) is 56.8. The molecule has 4 bridgehead atoms. The van der Waals surface area contributed by atoms with Crippen molar-refractivity contribution in [3.05, 3.63) is 109 Å². The van der Waals surface area contributed by atoms with Gasteiger partial charge in [-0.3, -0.25) is 29.0 Å². The maximum atomic E-state index is 13.6. The summed E-state index contributed by atoms with van der Waals surface area (Å²) in [5.41, 5.74) is 2.75. The molecule has 2 saturated carbocycles. The number of fused-ring (bicyclic) bond motifs is 10. The number of hydrogen-bond acceptors (Lipinski definition) is 4. The molecule has 4 amide bonds. The fourth-order valence-electron chi connectivity index (χ4n) is 9.55. The van der Waals surface area contributed by atoms with Gasteiger partial charge in [-0.15, -0.1) is 13.2 Å². The zero-order valence-electron chi connectivity index (χ0n) is 24.0. The molecule has 0 aromatic heterocycles. The van der Waals surface area contributed by atoms with Crippen LogP contribution >= 0.6 is 0 Å². The Labute approximate surface area is 251 Å². The van der Waals surface area contributed by atoms with Gasteiger partial charge in [0.15, 0.2) is 0 Å². The number of rotatable bonds is 8. The molecule has 2 aromatic carbocycles. The molecule has 0 spiro atoms. The highest BCUT2D eigenvalue weighted by Crippen LogP contribution is 2.63. The van der Waals surface area contributed by atoms with E-state index in [0.29, 0.717) is 30.6 Å². The van der Waals surface area contributed by atoms with E-state index in [1.807, 2.05) is 60.7 Å². The predicted octanol–water partition coefficient (Wildman–Crippen LogP) is 5.79. The van der Waals surface area contributed by atoms with Crippen molar-refractivity contribution >= 4 is 35.0 Å². The molecule has 4 fully saturated rings. The normalized spacial score (nSPS) is 36.3. The summed E-state index contributed by atoms with van der Waals surface area (Å²) in [5.74, 6) is -1.28. The van der Waals surface area contributed by atoms with E-state index in [1.165, 1.54) is 9.80 Å². The van der Waals surface area contributed by atoms with E-state index >= 15 is 0 Å². The van der Waals surface area contributed by atoms with Crippen LogP contribution in [0.2, 0.25) is 0 Å². The molecule has 0 unspecified atom stereocenters. The second kappa shape index (κ2) is 9.09. The first-order valence-corrected chi connectivity index (χ1v) is 15.3. The van der Waals surface area contributed by atoms with Gasteiger partial charge in [0.1, 0.15) is 0 Å². The van der Waals surface area contributed by atoms with E-state index in [1.54, 1.807) is 0 Å². The molecule has 6 heteroatoms. The Morgan fingerprint density at radius 2 is 1.02 bits per heavy atom. The van der Waals surface area contributed by atoms with Gasteiger partial charge in [0.25, 0.3) is 0 Å². The van der Waals surface area contributed by atoms with Crippen LogP contribution in [0.15, 0.2) is 98.1 Å². The van der Waals surface area contributed by atoms with Crippen LogP contribution in [0.3, 0.4) is 0 Å². The quantitative estimate of drug-likeness (QED) is 0.297. The van der Waals surface area contributed by atoms with Crippen molar-refractivity contribution in [1.82, 2.24) is 0 Å². The number of imide groups is 2. The van der Waals surface area contributed by atoms with Gasteiger partial charge in [0.2, 0.25) is 23.6 Å². The molecule has 2 aromatic rings. The van der Waals surface area contributed by atoms with Crippen molar-refractivity contribution in [3.8, 4) is 0 Å². The molecule has 0 N–H and O–H groups in total. The van der Waals surface area contributed by atoms with Crippen LogP contribution in [0, 0.1) is 46.3 Å². The van der Waals surface area contributed by atoms with E-state index in [-0.39, 0.29) is 70.0 Å². The van der Waals surface area contributed by atoms with E-state index < -0.39 is 0 Å². The van der Waals surface area contributed by atoms with Crippen molar-refractivity contribution in [2.45, 2.75) is 32.1 Å². The number of hydrogen-bond donors (Lipinski definition) is 0. The lowest BCUT2D eigenvalue weighted by Crippen LogP contribution is -2.35. The molecule has 0 radical (unpaired) electrons. The molecule has 216 valence electrons. The topological polar surface area (TPSA) is 74.8 Å². The number of amides is 4. The van der Waals surface area contributed by atoms with Crippen LogP contribution in [-0.4, -0.2) is 23.6 Å². The highest BCUT2D eigenvalue weighted by Gasteiger charge is 2.66. The predicted molar refractivity (Wildman–Crippen MR) is 164 cm³/mol. The third-order valence-corrected chi connectivity index (χ3v) is 11.3. The molecule has 8 atom stereocenters. The average Bonchev–Trinajstić information content (AvgIpc) is 3.82. The van der Waals surface area contributed by atoms with Gasteiger partial charge in [-0.2, -0.15) is 0 Å². The number of benzene rings is 2. The van der Waals surface area contributed by atoms with Gasteiger partial charge in [-0.05, 0) is 79.3 Å². The Morgan fingerprint density at radius 3 is 1.40 bits per heavy atom. The fourth-order valence-corrected chi connectivity index (χ4v) is 9.55. The molecule has 2 heterocycles. The van der Waals surface area contributed by atoms with Crippen molar-refractivity contribution < 1.29 is 19.2 Å². The second-order valence-corrected chi connectivity index (χ2v) is 13.4. The first kappa shape index (κ1) is 26.3. The minimum absolute atomic E-state index is 0.0898. The second-order valence-electron chi connectivity index (χ2n) is 13.4. The highest BCUT2D eigenvalue weighted by atomic mass is 16.2. The lowest BCUT2D eigenvalue weighted by atomic mass is 9.72. The van der Waals surface area contributed by atoms with Gasteiger partial charge in [-0.25, -0.2) is 0 Å². The molecule has 2 aliphatic heterocycles. The molecule has 4 aliphatic carbocycles. The zero-order chi connectivity index (χ0) is 29.7. The molecule has 43 heavy (non-hydrogen) atoms. The van der Waals surface area contributed by atoms with Crippen LogP contribution < -0.4 is 9.80 Å². The summed E-state index contributed by atoms with van der Waals surface area (Å²) in [6.45, 7) is 7.79. The lowest BCUT2D eigenvalue weighted by molar-refractivity contribution is -0.125. The number of carbonyl (C=O) groups excluding carboxylic acids is 4. The van der Waals surface area contributed by atoms with Crippen molar-refractivity contribution in [1.29, 1.82) is 0 Å². The van der Waals surface area contributed by atoms with Crippen molar-refractivity contribution in [2.24, 2.45) is 46.3 Å². The summed E-state index contributed by atoms with van der Waals surface area (Å²) in [6, 6.07) is 15.3. The average molecular weight is 571 g/mol. The summed E-state index contributed by atoms with van der Waals surface area (Å²) >= 11 is 0. The van der Waals surface area contributed by atoms with Crippen molar-refractivity contribution in [2.75, 3.05) is 9.80 Å². The highest BCUT2D eigenvalue weighted by molar-refractivity contribution is 6.24. The van der Waals surface area contributed by atoms with Crippen LogP contribution in [0.1, 0.15) is 36.8 Å². The van der Waals surface area contributed by atoms with E-state index in [0.717, 1.165) is 24.0 Å². The largest absolute Gasteiger partial charge is 0.274 e. The Bertz CT molecular complexity index is 1550. The molecule has 2 saturated heterocycles. The number of nitrogens with zero attached hydrogens (tertiary/aromatic N) is 2. The Morgan fingerprint density at radius 1 is 0.628 bits per heavy atom. The summed E-state index contributed by atoms with van der Waals surface area (Å²) in [5, 5.41) is 0. The van der Waals surface area contributed by atoms with Crippen LogP contribution in [0.4, 0.5) is 11.4 Å². The minimum atomic E-state index is -0.306. The smallest absolute Gasteiger partial charge is 0.238 e. The maximum absolute atomic E-state index is 13.6. The number of carbonyl (C=O) groups is 4. The van der Waals surface area contributed by atoms with Gasteiger partial charge >= 0.3 is 0 Å². The SMILES string of the molecule is C=CC[C@@]12C=C[C@@H](C1)[C@@H]1C(=O)N(c3ccc(Cc4ccc(N5C(=O)[C@@H]6[C@@H](C5=O)[C@]5(CC=C)C=C[C@H]6C5)cc4)cc3)C(=O)[C@H]12. The minimum Gasteiger partial charge on any atom is -0.274 e. The first-order chi connectivity index (χ1) is 20.8. The molecular weight excluding hydrogens is 536 g/mol. The van der Waals surface area contributed by atoms with E-state index in [2.05, 4.69) is 37.5 Å². The summed E-state index contributed by atoms with van der Waals surface area (Å²) < 4.78 is 0. The van der Waals surface area contributed by atoms with Crippen molar-refractivity contribution in [3.63, 3.8) is 0 Å². The standard InChI is InChI=1S/C37H34N2O4/c1-3-15-36-17-13-24(20-36)28-30(36)34(42)38(32(28)40)26-9-5-22(6-10-26)19-23-7-11-27(12-8-23)39-33(41)29-25-14-18-37(21-25,16-4-2)31(29)35(39)43/h3-14,17-18,24-25,28-31H,1-2,15-16,19-21H2/t24-,25-,28-,29-,30-,31-,36+,37+/m0/s1. The molecular formula is C37H34N2O4. The van der Waals surface area contributed by atoms with Crippen LogP contribution in [0.25, 0.3) is 0 Å². The van der Waals surface area contributed by atoms with Gasteiger partial charge in [-0.1, -0.05) is 60.7 Å². The zero-order valence-corrected chi connectivity index (χ0v) is 24.0. The Balaban J connectivity index is 0.971. The molecule has 6 nitrogen and oxygen atoms in total. The Kier molecular flexibility index (Phi) is 5.56. The van der Waals surface area contributed by atoms with Gasteiger partial charge < -0.3 is 0 Å². The lowest BCUT2D eigenvalue weighted by Gasteiger charge is -2.29. The first-order valence-electron chi connectivity index (χ1n) is 15.3. The molecule has 6 aliphatic rings. The van der Waals surface area contributed by atoms with E-state index in [4.69, 9.17) is 0 Å². The van der Waals surface area contributed by atoms with Gasteiger partial charge in [0.05, 0.1) is 35.0 Å². The van der Waals surface area contributed by atoms with Crippen LogP contribution in [-0.2, 0) is 25.6 Å². The Hall–Kier alpha value is -4.32. The monoisotopic (exact) mass is 570 g/mol.